The maximum atomic E-state index is 13.6. The lowest BCUT2D eigenvalue weighted by atomic mass is 9.77. The molecule has 1 amide bonds. The molecule has 1 aliphatic rings. The van der Waals surface area contributed by atoms with E-state index in [9.17, 15) is 26.7 Å². The van der Waals surface area contributed by atoms with Crippen LogP contribution < -0.4 is 11.1 Å². The molecule has 4 aromatic heterocycles. The third-order valence-corrected chi connectivity index (χ3v) is 7.12. The van der Waals surface area contributed by atoms with Crippen LogP contribution in [0.3, 0.4) is 0 Å². The molecule has 216 valence electrons. The van der Waals surface area contributed by atoms with Gasteiger partial charge in [-0.1, -0.05) is 12.1 Å². The van der Waals surface area contributed by atoms with Gasteiger partial charge in [0.15, 0.2) is 11.5 Å². The Kier molecular flexibility index (Phi) is 5.95. The Morgan fingerprint density at radius 3 is 2.48 bits per heavy atom. The maximum Gasteiger partial charge on any atom is 0.453 e. The van der Waals surface area contributed by atoms with Crippen molar-refractivity contribution in [1.82, 2.24) is 39.9 Å². The molecule has 0 saturated heterocycles. The first-order valence-corrected chi connectivity index (χ1v) is 12.3. The molecule has 0 bridgehead atoms. The first-order valence-electron chi connectivity index (χ1n) is 12.3. The van der Waals surface area contributed by atoms with Crippen molar-refractivity contribution >= 4 is 28.6 Å². The van der Waals surface area contributed by atoms with Crippen LogP contribution in [0.5, 0.6) is 0 Å². The van der Waals surface area contributed by atoms with Crippen molar-refractivity contribution in [2.45, 2.75) is 37.3 Å². The van der Waals surface area contributed by atoms with Crippen LogP contribution in [0.1, 0.15) is 30.3 Å². The summed E-state index contributed by atoms with van der Waals surface area (Å²) in [5.41, 5.74) is 6.73. The summed E-state index contributed by atoms with van der Waals surface area (Å²) in [5, 5.41) is 14.6. The first-order chi connectivity index (χ1) is 19.8. The smallest absolute Gasteiger partial charge is 0.423 e. The second-order valence-electron chi connectivity index (χ2n) is 9.75. The zero-order valence-corrected chi connectivity index (χ0v) is 21.7. The Morgan fingerprint density at radius 1 is 1.07 bits per heavy atom. The van der Waals surface area contributed by atoms with E-state index in [2.05, 4.69) is 40.5 Å². The number of carbonyl (C=O) groups is 1. The highest BCUT2D eigenvalue weighted by Crippen LogP contribution is 2.45. The zero-order chi connectivity index (χ0) is 30.0. The minimum absolute atomic E-state index is 0.000290. The average Bonchev–Trinajstić information content (AvgIpc) is 3.66. The van der Waals surface area contributed by atoms with Crippen LogP contribution in [0.25, 0.3) is 34.0 Å². The molecular formula is C25H19F5N10O2. The Hall–Kier alpha value is -5.09. The number of nitrogen functional groups attached to an aromatic ring is 1. The van der Waals surface area contributed by atoms with Crippen LogP contribution in [-0.4, -0.2) is 57.9 Å². The van der Waals surface area contributed by atoms with Crippen LogP contribution in [-0.2, 0) is 23.7 Å². The van der Waals surface area contributed by atoms with Crippen molar-refractivity contribution in [2.75, 3.05) is 11.1 Å². The lowest BCUT2D eigenvalue weighted by Gasteiger charge is -2.23. The Balaban J connectivity index is 1.40. The molecule has 0 radical (unpaired) electrons. The van der Waals surface area contributed by atoms with Crippen molar-refractivity contribution in [3.63, 3.8) is 0 Å². The van der Waals surface area contributed by atoms with Gasteiger partial charge in [0.1, 0.15) is 28.6 Å². The van der Waals surface area contributed by atoms with E-state index in [0.29, 0.717) is 28.0 Å². The summed E-state index contributed by atoms with van der Waals surface area (Å²) in [6, 6.07) is 6.81. The fraction of sp³-hybridized carbons (Fsp3) is 0.280. The normalized spacial score (nSPS) is 17.1. The third-order valence-electron chi connectivity index (χ3n) is 7.12. The van der Waals surface area contributed by atoms with Crippen molar-refractivity contribution in [3.05, 3.63) is 53.8 Å². The summed E-state index contributed by atoms with van der Waals surface area (Å²) in [5.74, 6) is -5.47. The first kappa shape index (κ1) is 27.1. The van der Waals surface area contributed by atoms with Crippen molar-refractivity contribution in [2.24, 2.45) is 7.05 Å². The summed E-state index contributed by atoms with van der Waals surface area (Å²) in [6.45, 7) is 1.65. The van der Waals surface area contributed by atoms with Gasteiger partial charge in [0.05, 0.1) is 17.1 Å². The molecule has 42 heavy (non-hydrogen) atoms. The highest BCUT2D eigenvalue weighted by molar-refractivity contribution is 6.09. The number of halogens is 5. The number of nitrogens with two attached hydrogens (primary N) is 1. The number of alkyl halides is 5. The summed E-state index contributed by atoms with van der Waals surface area (Å²) >= 11 is 0. The molecule has 5 heterocycles. The number of fused-ring (bicyclic) bond motifs is 2. The van der Waals surface area contributed by atoms with Gasteiger partial charge in [0, 0.05) is 25.5 Å². The summed E-state index contributed by atoms with van der Waals surface area (Å²) in [4.78, 5) is 30.5. The summed E-state index contributed by atoms with van der Waals surface area (Å²) in [6.07, 6.45) is -5.51. The highest BCUT2D eigenvalue weighted by Gasteiger charge is 2.56. The Morgan fingerprint density at radius 2 is 1.81 bits per heavy atom. The molecule has 5 aromatic rings. The van der Waals surface area contributed by atoms with Crippen LogP contribution in [0.15, 0.2) is 41.3 Å². The van der Waals surface area contributed by atoms with E-state index in [0.717, 1.165) is 0 Å². The van der Waals surface area contributed by atoms with Gasteiger partial charge in [0.25, 0.3) is 0 Å². The van der Waals surface area contributed by atoms with E-state index in [1.54, 1.807) is 31.2 Å². The van der Waals surface area contributed by atoms with E-state index in [4.69, 9.17) is 10.2 Å². The number of rotatable bonds is 6. The van der Waals surface area contributed by atoms with Gasteiger partial charge in [-0.2, -0.15) is 27.1 Å². The molecule has 1 aromatic carbocycles. The quantitative estimate of drug-likeness (QED) is 0.280. The van der Waals surface area contributed by atoms with E-state index >= 15 is 0 Å². The molecule has 3 N–H and O–H groups in total. The van der Waals surface area contributed by atoms with Crippen molar-refractivity contribution < 1.29 is 31.2 Å². The highest BCUT2D eigenvalue weighted by atomic mass is 19.4. The monoisotopic (exact) mass is 586 g/mol. The number of aryl methyl sites for hydroxylation is 2. The number of hydrogen-bond donors (Lipinski definition) is 2. The molecule has 0 spiro atoms. The number of hydrogen-bond acceptors (Lipinski definition) is 10. The standard InChI is InChI=1S/C25H19F5N10O2/c1-23(12-5-3-11(4-6-12)21-39-32-10-42-21)15-17(31)36-19(37-18(15)38-22(23)41)16-13-9-33-40(2)20(13)35-14(34-16)7-8-24(26,27)25(28,29)30/h3-6,9-10H,7-8H2,1-2H3,(H3,31,36,37,38,41). The SMILES string of the molecule is Cn1ncc2c(-c3nc(N)c4c(n3)NC(=O)C4(C)c3ccc(-c4nnco4)cc3)nc(CCC(F)(F)C(F)(F)F)nc21. The molecule has 0 aliphatic carbocycles. The third kappa shape index (κ3) is 4.19. The number of nitrogens with one attached hydrogen (secondary N) is 1. The van der Waals surface area contributed by atoms with Gasteiger partial charge >= 0.3 is 12.1 Å². The van der Waals surface area contributed by atoms with Gasteiger partial charge in [-0.3, -0.25) is 9.48 Å². The second-order valence-corrected chi connectivity index (χ2v) is 9.75. The topological polar surface area (TPSA) is 163 Å². The van der Waals surface area contributed by atoms with E-state index in [1.165, 1.54) is 24.3 Å². The largest absolute Gasteiger partial charge is 0.453 e. The minimum Gasteiger partial charge on any atom is -0.423 e. The molecule has 6 rings (SSSR count). The van der Waals surface area contributed by atoms with Gasteiger partial charge in [-0.05, 0) is 24.6 Å². The van der Waals surface area contributed by atoms with Gasteiger partial charge in [-0.15, -0.1) is 10.2 Å². The molecule has 0 saturated carbocycles. The number of aromatic nitrogens is 8. The Bertz CT molecular complexity index is 1840. The fourth-order valence-corrected chi connectivity index (χ4v) is 4.79. The maximum absolute atomic E-state index is 13.6. The number of nitrogens with zero attached hydrogens (tertiary/aromatic N) is 8. The zero-order valence-electron chi connectivity index (χ0n) is 21.7. The van der Waals surface area contributed by atoms with Crippen molar-refractivity contribution in [1.29, 1.82) is 0 Å². The van der Waals surface area contributed by atoms with Gasteiger partial charge in [-0.25, -0.2) is 19.9 Å². The van der Waals surface area contributed by atoms with E-state index in [1.807, 2.05) is 0 Å². The van der Waals surface area contributed by atoms with E-state index in [-0.39, 0.29) is 34.6 Å². The number of amides is 1. The minimum atomic E-state index is -5.72. The predicted octanol–water partition coefficient (Wildman–Crippen LogP) is 3.84. The van der Waals surface area contributed by atoms with Crippen molar-refractivity contribution in [3.8, 4) is 23.0 Å². The molecule has 0 fully saturated rings. The number of carbonyl (C=O) groups excluding carboxylic acids is 1. The average molecular weight is 586 g/mol. The lowest BCUT2D eigenvalue weighted by molar-refractivity contribution is -0.284. The van der Waals surface area contributed by atoms with Crippen LogP contribution in [0.2, 0.25) is 0 Å². The second kappa shape index (κ2) is 9.22. The van der Waals surface area contributed by atoms with Crippen LogP contribution in [0.4, 0.5) is 33.6 Å². The van der Waals surface area contributed by atoms with Gasteiger partial charge in [0.2, 0.25) is 18.2 Å². The Labute approximate surface area is 232 Å². The predicted molar refractivity (Wildman–Crippen MR) is 136 cm³/mol. The van der Waals surface area contributed by atoms with Crippen LogP contribution in [0, 0.1) is 0 Å². The molecule has 1 unspecified atom stereocenters. The molecular weight excluding hydrogens is 567 g/mol. The summed E-state index contributed by atoms with van der Waals surface area (Å²) < 4.78 is 72.0. The molecule has 1 aliphatic heterocycles. The summed E-state index contributed by atoms with van der Waals surface area (Å²) in [7, 11) is 1.51. The fourth-order valence-electron chi connectivity index (χ4n) is 4.79. The number of benzene rings is 1. The number of anilines is 2. The molecule has 17 heteroatoms. The van der Waals surface area contributed by atoms with Crippen LogP contribution >= 0.6 is 0 Å². The molecule has 12 nitrogen and oxygen atoms in total. The lowest BCUT2D eigenvalue weighted by Crippen LogP contribution is -2.36. The molecule has 1 atom stereocenters. The van der Waals surface area contributed by atoms with E-state index < -0.39 is 36.3 Å². The van der Waals surface area contributed by atoms with Gasteiger partial charge < -0.3 is 15.5 Å².